The van der Waals surface area contributed by atoms with Crippen molar-refractivity contribution < 1.29 is 9.53 Å². The molecule has 0 unspecified atom stereocenters. The van der Waals surface area contributed by atoms with Gasteiger partial charge in [-0.05, 0) is 43.7 Å². The minimum atomic E-state index is -0.0838. The molecule has 2 rings (SSSR count). The topological polar surface area (TPSA) is 51.2 Å². The minimum Gasteiger partial charge on any atom is -0.480 e. The predicted octanol–water partition coefficient (Wildman–Crippen LogP) is 2.40. The number of amides is 1. The maximum atomic E-state index is 12.1. The smallest absolute Gasteiger partial charge is 0.256 e. The van der Waals surface area contributed by atoms with Crippen LogP contribution in [0.4, 0.5) is 0 Å². The van der Waals surface area contributed by atoms with Crippen LogP contribution in [0.25, 0.3) is 0 Å². The number of rotatable bonds is 3. The van der Waals surface area contributed by atoms with E-state index in [4.69, 9.17) is 4.74 Å². The van der Waals surface area contributed by atoms with Crippen molar-refractivity contribution in [2.75, 3.05) is 7.11 Å². The molecule has 98 valence electrons. The normalized spacial score (nSPS) is 23.4. The van der Waals surface area contributed by atoms with Crippen molar-refractivity contribution in [3.05, 3.63) is 23.9 Å². The van der Waals surface area contributed by atoms with Crippen LogP contribution in [0.15, 0.2) is 18.3 Å². The largest absolute Gasteiger partial charge is 0.480 e. The Bertz CT molecular complexity index is 412. The lowest BCUT2D eigenvalue weighted by molar-refractivity contribution is 0.0919. The number of ether oxygens (including phenoxy) is 1. The Hall–Kier alpha value is -1.58. The second-order valence-electron chi connectivity index (χ2n) is 4.99. The Morgan fingerprint density at radius 3 is 2.78 bits per heavy atom. The number of hydrogen-bond acceptors (Lipinski definition) is 3. The lowest BCUT2D eigenvalue weighted by atomic mass is 9.87. The van der Waals surface area contributed by atoms with E-state index in [1.54, 1.807) is 18.3 Å². The third-order valence-corrected chi connectivity index (χ3v) is 3.56. The van der Waals surface area contributed by atoms with E-state index in [0.29, 0.717) is 17.5 Å². The van der Waals surface area contributed by atoms with Gasteiger partial charge >= 0.3 is 0 Å². The van der Waals surface area contributed by atoms with Gasteiger partial charge in [0.05, 0.1) is 7.11 Å². The van der Waals surface area contributed by atoms with Gasteiger partial charge in [0, 0.05) is 12.2 Å². The zero-order chi connectivity index (χ0) is 13.0. The highest BCUT2D eigenvalue weighted by Crippen LogP contribution is 2.24. The van der Waals surface area contributed by atoms with Crippen LogP contribution in [-0.4, -0.2) is 24.0 Å². The number of pyridine rings is 1. The summed E-state index contributed by atoms with van der Waals surface area (Å²) in [5.41, 5.74) is 0.513. The van der Waals surface area contributed by atoms with E-state index >= 15 is 0 Å². The van der Waals surface area contributed by atoms with Crippen molar-refractivity contribution in [2.45, 2.75) is 38.6 Å². The highest BCUT2D eigenvalue weighted by atomic mass is 16.5. The molecule has 0 spiro atoms. The molecule has 0 atom stereocenters. The summed E-state index contributed by atoms with van der Waals surface area (Å²) < 4.78 is 5.10. The summed E-state index contributed by atoms with van der Waals surface area (Å²) in [6, 6.07) is 3.78. The maximum absolute atomic E-state index is 12.1. The summed E-state index contributed by atoms with van der Waals surface area (Å²) in [6.45, 7) is 2.27. The second-order valence-corrected chi connectivity index (χ2v) is 4.99. The van der Waals surface area contributed by atoms with E-state index in [1.807, 2.05) is 0 Å². The standard InChI is InChI=1S/C14H20N2O2/c1-10-5-7-11(8-6-10)16-13(17)12-4-3-9-15-14(12)18-2/h3-4,9-11H,5-8H2,1-2H3,(H,16,17). The molecule has 0 aromatic carbocycles. The van der Waals surface area contributed by atoms with Crippen LogP contribution in [-0.2, 0) is 0 Å². The monoisotopic (exact) mass is 248 g/mol. The van der Waals surface area contributed by atoms with Crippen LogP contribution in [0, 0.1) is 5.92 Å². The van der Waals surface area contributed by atoms with Gasteiger partial charge < -0.3 is 10.1 Å². The van der Waals surface area contributed by atoms with Crippen LogP contribution >= 0.6 is 0 Å². The SMILES string of the molecule is COc1ncccc1C(=O)NC1CCC(C)CC1. The number of nitrogens with zero attached hydrogens (tertiary/aromatic N) is 1. The number of carbonyl (C=O) groups is 1. The third kappa shape index (κ3) is 3.00. The molecule has 1 fully saturated rings. The van der Waals surface area contributed by atoms with Crippen molar-refractivity contribution in [1.82, 2.24) is 10.3 Å². The van der Waals surface area contributed by atoms with Gasteiger partial charge in [0.1, 0.15) is 5.56 Å². The molecule has 1 aromatic rings. The Morgan fingerprint density at radius 2 is 2.11 bits per heavy atom. The molecule has 1 N–H and O–H groups in total. The summed E-state index contributed by atoms with van der Waals surface area (Å²) in [7, 11) is 1.53. The molecule has 1 amide bonds. The van der Waals surface area contributed by atoms with Gasteiger partial charge in [0.25, 0.3) is 5.91 Å². The number of carbonyl (C=O) groups excluding carboxylic acids is 1. The van der Waals surface area contributed by atoms with Crippen LogP contribution in [0.1, 0.15) is 43.0 Å². The lowest BCUT2D eigenvalue weighted by Crippen LogP contribution is -2.37. The number of aromatic nitrogens is 1. The van der Waals surface area contributed by atoms with Crippen molar-refractivity contribution in [1.29, 1.82) is 0 Å². The summed E-state index contributed by atoms with van der Waals surface area (Å²) in [6.07, 6.45) is 6.13. The number of hydrogen-bond donors (Lipinski definition) is 1. The summed E-state index contributed by atoms with van der Waals surface area (Å²) >= 11 is 0. The van der Waals surface area contributed by atoms with Crippen molar-refractivity contribution in [2.24, 2.45) is 5.92 Å². The molecule has 0 radical (unpaired) electrons. The fraction of sp³-hybridized carbons (Fsp3) is 0.571. The van der Waals surface area contributed by atoms with Crippen molar-refractivity contribution in [3.63, 3.8) is 0 Å². The molecular weight excluding hydrogens is 228 g/mol. The van der Waals surface area contributed by atoms with Crippen molar-refractivity contribution in [3.8, 4) is 5.88 Å². The zero-order valence-corrected chi connectivity index (χ0v) is 11.0. The Kier molecular flexibility index (Phi) is 4.18. The van der Waals surface area contributed by atoms with Crippen molar-refractivity contribution >= 4 is 5.91 Å². The van der Waals surface area contributed by atoms with E-state index in [9.17, 15) is 4.79 Å². The first-order valence-electron chi connectivity index (χ1n) is 6.50. The van der Waals surface area contributed by atoms with Gasteiger partial charge in [-0.1, -0.05) is 6.92 Å². The minimum absolute atomic E-state index is 0.0838. The van der Waals surface area contributed by atoms with Gasteiger partial charge in [-0.15, -0.1) is 0 Å². The van der Waals surface area contributed by atoms with Crippen LogP contribution in [0.3, 0.4) is 0 Å². The van der Waals surface area contributed by atoms with Gasteiger partial charge in [-0.2, -0.15) is 0 Å². The van der Waals surface area contributed by atoms with E-state index < -0.39 is 0 Å². The number of methoxy groups -OCH3 is 1. The van der Waals surface area contributed by atoms with Gasteiger partial charge in [0.2, 0.25) is 5.88 Å². The Balaban J connectivity index is 1.99. The summed E-state index contributed by atoms with van der Waals surface area (Å²) in [5, 5.41) is 3.07. The fourth-order valence-corrected chi connectivity index (χ4v) is 2.39. The molecule has 0 bridgehead atoms. The lowest BCUT2D eigenvalue weighted by Gasteiger charge is -2.27. The van der Waals surface area contributed by atoms with E-state index in [0.717, 1.165) is 18.8 Å². The first-order valence-corrected chi connectivity index (χ1v) is 6.50. The van der Waals surface area contributed by atoms with E-state index in [2.05, 4.69) is 17.2 Å². The first-order chi connectivity index (χ1) is 8.70. The molecule has 0 aliphatic heterocycles. The van der Waals surface area contributed by atoms with Gasteiger partial charge in [-0.25, -0.2) is 4.98 Å². The highest BCUT2D eigenvalue weighted by Gasteiger charge is 2.21. The molecule has 1 saturated carbocycles. The van der Waals surface area contributed by atoms with E-state index in [1.165, 1.54) is 20.0 Å². The quantitative estimate of drug-likeness (QED) is 0.893. The van der Waals surface area contributed by atoms with Crippen LogP contribution < -0.4 is 10.1 Å². The highest BCUT2D eigenvalue weighted by molar-refractivity contribution is 5.96. The summed E-state index contributed by atoms with van der Waals surface area (Å²) in [4.78, 5) is 16.2. The van der Waals surface area contributed by atoms with Crippen LogP contribution in [0.2, 0.25) is 0 Å². The average molecular weight is 248 g/mol. The molecular formula is C14H20N2O2. The molecule has 1 aliphatic carbocycles. The molecule has 0 saturated heterocycles. The first kappa shape index (κ1) is 12.9. The molecule has 4 heteroatoms. The molecule has 4 nitrogen and oxygen atoms in total. The zero-order valence-electron chi connectivity index (χ0n) is 11.0. The summed E-state index contributed by atoms with van der Waals surface area (Å²) in [5.74, 6) is 1.09. The average Bonchev–Trinajstić information content (AvgIpc) is 2.41. The molecule has 1 aromatic heterocycles. The molecule has 1 aliphatic rings. The molecule has 18 heavy (non-hydrogen) atoms. The van der Waals surface area contributed by atoms with Crippen LogP contribution in [0.5, 0.6) is 5.88 Å². The van der Waals surface area contributed by atoms with Gasteiger partial charge in [-0.3, -0.25) is 4.79 Å². The Labute approximate surface area is 108 Å². The Morgan fingerprint density at radius 1 is 1.39 bits per heavy atom. The maximum Gasteiger partial charge on any atom is 0.256 e. The van der Waals surface area contributed by atoms with E-state index in [-0.39, 0.29) is 5.91 Å². The molecule has 1 heterocycles. The number of nitrogens with one attached hydrogen (secondary N) is 1. The fourth-order valence-electron chi connectivity index (χ4n) is 2.39. The second kappa shape index (κ2) is 5.85. The predicted molar refractivity (Wildman–Crippen MR) is 69.7 cm³/mol. The third-order valence-electron chi connectivity index (χ3n) is 3.56. The van der Waals surface area contributed by atoms with Gasteiger partial charge in [0.15, 0.2) is 0 Å².